The van der Waals surface area contributed by atoms with Gasteiger partial charge in [0.2, 0.25) is 0 Å². The van der Waals surface area contributed by atoms with E-state index in [4.69, 9.17) is 18.0 Å². The number of nitrogens with two attached hydrogens (primary N) is 1. The van der Waals surface area contributed by atoms with E-state index in [9.17, 15) is 4.39 Å². The number of aryl methyl sites for hydroxylation is 1. The van der Waals surface area contributed by atoms with Crippen molar-refractivity contribution in [2.75, 3.05) is 5.32 Å². The van der Waals surface area contributed by atoms with Gasteiger partial charge in [-0.1, -0.05) is 24.4 Å². The summed E-state index contributed by atoms with van der Waals surface area (Å²) in [6, 6.07) is 10.4. The molecule has 3 N–H and O–H groups in total. The van der Waals surface area contributed by atoms with Crippen LogP contribution >= 0.6 is 28.1 Å². The molecule has 0 bridgehead atoms. The van der Waals surface area contributed by atoms with Gasteiger partial charge in [-0.05, 0) is 52.7 Å². The minimum absolute atomic E-state index is 0.183. The first-order chi connectivity index (χ1) is 8.99. The molecule has 5 heteroatoms. The predicted molar refractivity (Wildman–Crippen MR) is 84.4 cm³/mol. The Morgan fingerprint density at radius 1 is 1.26 bits per heavy atom. The second-order valence-electron chi connectivity index (χ2n) is 4.12. The van der Waals surface area contributed by atoms with Gasteiger partial charge in [-0.3, -0.25) is 0 Å². The van der Waals surface area contributed by atoms with Gasteiger partial charge in [-0.2, -0.15) is 0 Å². The van der Waals surface area contributed by atoms with Crippen LogP contribution in [0.5, 0.6) is 0 Å². The highest BCUT2D eigenvalue weighted by Crippen LogP contribution is 2.29. The molecule has 0 aliphatic carbocycles. The van der Waals surface area contributed by atoms with Crippen molar-refractivity contribution in [3.05, 3.63) is 57.8 Å². The molecule has 2 rings (SSSR count). The zero-order valence-electron chi connectivity index (χ0n) is 10.2. The number of nitrogens with one attached hydrogen (secondary N) is 1. The first-order valence-electron chi connectivity index (χ1n) is 5.60. The van der Waals surface area contributed by atoms with Gasteiger partial charge in [-0.25, -0.2) is 4.39 Å². The van der Waals surface area contributed by atoms with Gasteiger partial charge in [-0.15, -0.1) is 0 Å². The fourth-order valence-corrected chi connectivity index (χ4v) is 2.15. The van der Waals surface area contributed by atoms with E-state index in [-0.39, 0.29) is 4.99 Å². The Kier molecular flexibility index (Phi) is 4.17. The highest BCUT2D eigenvalue weighted by molar-refractivity contribution is 9.10. The lowest BCUT2D eigenvalue weighted by molar-refractivity contribution is 0.631. The molecule has 0 radical (unpaired) electrons. The zero-order chi connectivity index (χ0) is 14.0. The topological polar surface area (TPSA) is 38.0 Å². The van der Waals surface area contributed by atoms with Crippen LogP contribution in [0.3, 0.4) is 0 Å². The smallest absolute Gasteiger partial charge is 0.147 e. The highest BCUT2D eigenvalue weighted by Gasteiger charge is 2.08. The van der Waals surface area contributed by atoms with E-state index in [1.54, 1.807) is 12.1 Å². The van der Waals surface area contributed by atoms with Crippen LogP contribution in [0.4, 0.5) is 15.8 Å². The normalized spacial score (nSPS) is 10.3. The van der Waals surface area contributed by atoms with E-state index < -0.39 is 5.82 Å². The Morgan fingerprint density at radius 2 is 2.00 bits per heavy atom. The van der Waals surface area contributed by atoms with Gasteiger partial charge < -0.3 is 11.1 Å². The number of hydrogen-bond donors (Lipinski definition) is 2. The summed E-state index contributed by atoms with van der Waals surface area (Å²) < 4.78 is 14.8. The summed E-state index contributed by atoms with van der Waals surface area (Å²) in [6.45, 7) is 1.97. The van der Waals surface area contributed by atoms with Crippen molar-refractivity contribution in [3.8, 4) is 0 Å². The van der Waals surface area contributed by atoms with Crippen LogP contribution in [0.15, 0.2) is 40.9 Å². The van der Waals surface area contributed by atoms with Gasteiger partial charge in [0.05, 0.1) is 11.4 Å². The van der Waals surface area contributed by atoms with E-state index >= 15 is 0 Å². The van der Waals surface area contributed by atoms with Gasteiger partial charge >= 0.3 is 0 Å². The SMILES string of the molecule is Cc1cccc(Nc2ccc(C(N)=S)cc2F)c1Br. The van der Waals surface area contributed by atoms with Crippen molar-refractivity contribution in [3.63, 3.8) is 0 Å². The lowest BCUT2D eigenvalue weighted by Crippen LogP contribution is -2.09. The highest BCUT2D eigenvalue weighted by atomic mass is 79.9. The van der Waals surface area contributed by atoms with E-state index in [0.717, 1.165) is 15.7 Å². The van der Waals surface area contributed by atoms with Crippen LogP contribution in [-0.4, -0.2) is 4.99 Å². The third-order valence-electron chi connectivity index (χ3n) is 2.71. The van der Waals surface area contributed by atoms with E-state index in [1.807, 2.05) is 25.1 Å². The molecule has 0 spiro atoms. The van der Waals surface area contributed by atoms with Crippen LogP contribution in [0.2, 0.25) is 0 Å². The molecule has 0 aromatic heterocycles. The second kappa shape index (κ2) is 5.67. The molecule has 0 saturated heterocycles. The molecule has 2 aromatic carbocycles. The Morgan fingerprint density at radius 3 is 2.63 bits per heavy atom. The van der Waals surface area contributed by atoms with Gasteiger partial charge in [0.1, 0.15) is 10.8 Å². The third-order valence-corrected chi connectivity index (χ3v) is 4.00. The molecule has 0 fully saturated rings. The van der Waals surface area contributed by atoms with Crippen molar-refractivity contribution >= 4 is 44.5 Å². The summed E-state index contributed by atoms with van der Waals surface area (Å²) in [7, 11) is 0. The number of hydrogen-bond acceptors (Lipinski definition) is 2. The minimum Gasteiger partial charge on any atom is -0.389 e. The van der Waals surface area contributed by atoms with Crippen LogP contribution in [0, 0.1) is 12.7 Å². The Bertz CT molecular complexity index is 643. The molecular weight excluding hydrogens is 327 g/mol. The molecule has 0 aliphatic rings. The van der Waals surface area contributed by atoms with Crippen LogP contribution < -0.4 is 11.1 Å². The van der Waals surface area contributed by atoms with Crippen LogP contribution in [0.25, 0.3) is 0 Å². The van der Waals surface area contributed by atoms with Crippen molar-refractivity contribution in [2.45, 2.75) is 6.92 Å². The van der Waals surface area contributed by atoms with Gasteiger partial charge in [0, 0.05) is 10.0 Å². The molecule has 2 nitrogen and oxygen atoms in total. The molecule has 0 aliphatic heterocycles. The molecule has 0 saturated carbocycles. The minimum atomic E-state index is -0.390. The van der Waals surface area contributed by atoms with Crippen molar-refractivity contribution in [1.82, 2.24) is 0 Å². The summed E-state index contributed by atoms with van der Waals surface area (Å²) in [4.78, 5) is 0.183. The average molecular weight is 339 g/mol. The summed E-state index contributed by atoms with van der Waals surface area (Å²) >= 11 is 8.29. The number of benzene rings is 2. The standard InChI is InChI=1S/C14H12BrFN2S/c1-8-3-2-4-12(13(8)15)18-11-6-5-9(14(17)19)7-10(11)16/h2-7,18H,1H3,(H2,17,19). The molecule has 0 unspecified atom stereocenters. The summed E-state index contributed by atoms with van der Waals surface area (Å²) in [5, 5.41) is 3.04. The molecule has 19 heavy (non-hydrogen) atoms. The monoisotopic (exact) mass is 338 g/mol. The molecule has 0 atom stereocenters. The van der Waals surface area contributed by atoms with E-state index in [1.165, 1.54) is 6.07 Å². The summed E-state index contributed by atoms with van der Waals surface area (Å²) in [5.41, 5.74) is 8.24. The van der Waals surface area contributed by atoms with Gasteiger partial charge in [0.15, 0.2) is 0 Å². The Labute approximate surface area is 124 Å². The predicted octanol–water partition coefficient (Wildman–Crippen LogP) is 4.27. The maximum Gasteiger partial charge on any atom is 0.147 e. The number of rotatable bonds is 3. The van der Waals surface area contributed by atoms with Crippen LogP contribution in [-0.2, 0) is 0 Å². The lowest BCUT2D eigenvalue weighted by atomic mass is 10.1. The molecule has 0 amide bonds. The average Bonchev–Trinajstić information content (AvgIpc) is 2.37. The number of halogens is 2. The molecule has 0 heterocycles. The second-order valence-corrected chi connectivity index (χ2v) is 5.35. The van der Waals surface area contributed by atoms with Crippen molar-refractivity contribution in [2.24, 2.45) is 5.73 Å². The number of anilines is 2. The molecule has 98 valence electrons. The fourth-order valence-electron chi connectivity index (χ4n) is 1.66. The van der Waals surface area contributed by atoms with Crippen molar-refractivity contribution in [1.29, 1.82) is 0 Å². The fraction of sp³-hybridized carbons (Fsp3) is 0.0714. The largest absolute Gasteiger partial charge is 0.389 e. The third kappa shape index (κ3) is 3.11. The summed E-state index contributed by atoms with van der Waals surface area (Å²) in [5.74, 6) is -0.390. The quantitative estimate of drug-likeness (QED) is 0.820. The first-order valence-corrected chi connectivity index (χ1v) is 6.80. The Balaban J connectivity index is 2.34. The molecular formula is C14H12BrFN2S. The van der Waals surface area contributed by atoms with Crippen molar-refractivity contribution < 1.29 is 4.39 Å². The lowest BCUT2D eigenvalue weighted by Gasteiger charge is -2.11. The van der Waals surface area contributed by atoms with Gasteiger partial charge in [0.25, 0.3) is 0 Å². The maximum absolute atomic E-state index is 13.9. The number of thiocarbonyl (C=S) groups is 1. The Hall–Kier alpha value is -1.46. The summed E-state index contributed by atoms with van der Waals surface area (Å²) in [6.07, 6.45) is 0. The first kappa shape index (κ1) is 14.0. The van der Waals surface area contributed by atoms with Crippen LogP contribution in [0.1, 0.15) is 11.1 Å². The van der Waals surface area contributed by atoms with E-state index in [0.29, 0.717) is 11.3 Å². The van der Waals surface area contributed by atoms with E-state index in [2.05, 4.69) is 21.2 Å². The molecule has 2 aromatic rings. The zero-order valence-corrected chi connectivity index (χ0v) is 12.6. The maximum atomic E-state index is 13.9.